The van der Waals surface area contributed by atoms with Crippen LogP contribution in [0.25, 0.3) is 0 Å². The van der Waals surface area contributed by atoms with E-state index < -0.39 is 6.16 Å². The summed E-state index contributed by atoms with van der Waals surface area (Å²) < 4.78 is 0. The zero-order valence-corrected chi connectivity index (χ0v) is 1.80. The van der Waals surface area contributed by atoms with Gasteiger partial charge in [0.15, 0.2) is 0 Å². The Hall–Kier alpha value is 2.08. The molecule has 0 aliphatic heterocycles. The van der Waals surface area contributed by atoms with E-state index in [0.29, 0.717) is 0 Å². The predicted molar refractivity (Wildman–Crippen MR) is 25.0 cm³/mol. The van der Waals surface area contributed by atoms with E-state index in [0.717, 1.165) is 0 Å². The summed E-state index contributed by atoms with van der Waals surface area (Å²) in [6.07, 6.45) is -1.83. The summed E-state index contributed by atoms with van der Waals surface area (Å²) in [7, 11) is 0. The van der Waals surface area contributed by atoms with E-state index in [1.807, 2.05) is 0 Å². The molecule has 0 atom stereocenters. The molecule has 6 heavy (non-hydrogen) atoms. The Labute approximate surface area is 106 Å². The third kappa shape index (κ3) is 36.3. The number of hydrogen-bond acceptors (Lipinski definition) is 1. The topological polar surface area (TPSA) is 57.5 Å². The van der Waals surface area contributed by atoms with E-state index in [9.17, 15) is 0 Å². The molecule has 0 saturated carbocycles. The van der Waals surface area contributed by atoms with Gasteiger partial charge in [-0.3, -0.25) is 0 Å². The fourth-order valence-electron chi connectivity index (χ4n) is 0. The van der Waals surface area contributed by atoms with Crippen LogP contribution in [-0.2, 0) is 0 Å². The molecular formula is CH4NaO3Rb. The van der Waals surface area contributed by atoms with Gasteiger partial charge in [0.25, 0.3) is 0 Å². The zero-order chi connectivity index (χ0) is 3.58. The van der Waals surface area contributed by atoms with Crippen molar-refractivity contribution in [2.24, 2.45) is 0 Å². The minimum atomic E-state index is -1.83. The summed E-state index contributed by atoms with van der Waals surface area (Å²) >= 11 is 0. The molecule has 0 fully saturated rings. The van der Waals surface area contributed by atoms with E-state index in [4.69, 9.17) is 15.0 Å². The molecule has 0 amide bonds. The van der Waals surface area contributed by atoms with Gasteiger partial charge < -0.3 is 10.2 Å². The molecule has 0 bridgehead atoms. The second-order valence-electron chi connectivity index (χ2n) is 0.283. The van der Waals surface area contributed by atoms with Gasteiger partial charge in [-0.2, -0.15) is 0 Å². The van der Waals surface area contributed by atoms with Crippen LogP contribution in [0.5, 0.6) is 0 Å². The molecule has 0 aliphatic rings. The summed E-state index contributed by atoms with van der Waals surface area (Å²) in [5.74, 6) is 0. The van der Waals surface area contributed by atoms with Crippen LogP contribution in [-0.4, -0.2) is 104 Å². The van der Waals surface area contributed by atoms with Crippen LogP contribution < -0.4 is 0 Å². The van der Waals surface area contributed by atoms with Gasteiger partial charge in [-0.05, 0) is 0 Å². The van der Waals surface area contributed by atoms with Crippen molar-refractivity contribution in [2.75, 3.05) is 0 Å². The molecule has 0 aliphatic carbocycles. The average Bonchev–Trinajstić information content (AvgIpc) is 0.811. The van der Waals surface area contributed by atoms with Crippen LogP contribution in [0, 0.1) is 0 Å². The Morgan fingerprint density at radius 1 is 1.33 bits per heavy atom. The van der Waals surface area contributed by atoms with Gasteiger partial charge in [0.1, 0.15) is 0 Å². The summed E-state index contributed by atoms with van der Waals surface area (Å²) in [5, 5.41) is 13.9. The fraction of sp³-hybridized carbons (Fsp3) is 0. The first-order chi connectivity index (χ1) is 1.73. The number of carboxylic acid groups (broad SMARTS) is 2. The molecule has 0 aromatic rings. The predicted octanol–water partition coefficient (Wildman–Crippen LogP) is -1.07. The van der Waals surface area contributed by atoms with Crippen LogP contribution in [0.4, 0.5) is 4.79 Å². The van der Waals surface area contributed by atoms with Gasteiger partial charge in [0, 0.05) is 0 Å². The van der Waals surface area contributed by atoms with Crippen molar-refractivity contribution in [3.8, 4) is 0 Å². The normalized spacial score (nSPS) is 4.00. The molecule has 0 aromatic heterocycles. The average molecular weight is 172 g/mol. The summed E-state index contributed by atoms with van der Waals surface area (Å²) in [6, 6.07) is 0. The molecule has 2 N–H and O–H groups in total. The molecule has 0 heterocycles. The van der Waals surface area contributed by atoms with Crippen LogP contribution in [0.15, 0.2) is 0 Å². The summed E-state index contributed by atoms with van der Waals surface area (Å²) in [5.41, 5.74) is 0. The third-order valence-electron chi connectivity index (χ3n) is 0. The summed E-state index contributed by atoms with van der Waals surface area (Å²) in [6.45, 7) is 0. The second-order valence-corrected chi connectivity index (χ2v) is 0.283. The van der Waals surface area contributed by atoms with Gasteiger partial charge in [-0.1, -0.05) is 0 Å². The van der Waals surface area contributed by atoms with Gasteiger partial charge in [-0.25, -0.2) is 4.79 Å². The van der Waals surface area contributed by atoms with Gasteiger partial charge in [-0.15, -0.1) is 0 Å². The SMILES string of the molecule is O=C(O)O.[NaH].[RbH]. The Bertz CT molecular complexity index is 33.8. The standard InChI is InChI=1S/CH2O3.Na.Rb.2H/c2-1(3)4;;;;/h(H2,2,3,4);;;;. The molecule has 0 radical (unpaired) electrons. The molecule has 0 aromatic carbocycles. The number of carbonyl (C=O) groups is 1. The maximum atomic E-state index is 8.56. The Morgan fingerprint density at radius 3 is 1.33 bits per heavy atom. The second kappa shape index (κ2) is 10.1. The van der Waals surface area contributed by atoms with Gasteiger partial charge >= 0.3 is 93.9 Å². The molecule has 5 heteroatoms. The van der Waals surface area contributed by atoms with Crippen molar-refractivity contribution in [1.82, 2.24) is 0 Å². The Balaban J connectivity index is -0.0000000450. The molecular weight excluding hydrogens is 168 g/mol. The molecule has 0 spiro atoms. The van der Waals surface area contributed by atoms with Crippen LogP contribution in [0.3, 0.4) is 0 Å². The summed E-state index contributed by atoms with van der Waals surface area (Å²) in [4.78, 5) is 8.56. The van der Waals surface area contributed by atoms with Gasteiger partial charge in [0.2, 0.25) is 0 Å². The van der Waals surface area contributed by atoms with Crippen molar-refractivity contribution >= 4 is 93.9 Å². The van der Waals surface area contributed by atoms with E-state index in [1.165, 1.54) is 0 Å². The van der Waals surface area contributed by atoms with Crippen LogP contribution >= 0.6 is 0 Å². The van der Waals surface area contributed by atoms with Crippen LogP contribution in [0.1, 0.15) is 0 Å². The van der Waals surface area contributed by atoms with Crippen molar-refractivity contribution in [1.29, 1.82) is 0 Å². The quantitative estimate of drug-likeness (QED) is 0.458. The maximum absolute atomic E-state index is 8.56. The molecule has 3 nitrogen and oxygen atoms in total. The zero-order valence-electron chi connectivity index (χ0n) is 1.80. The van der Waals surface area contributed by atoms with E-state index in [1.54, 1.807) is 0 Å². The van der Waals surface area contributed by atoms with E-state index in [-0.39, 0.29) is 87.7 Å². The number of hydrogen-bond donors (Lipinski definition) is 2. The Morgan fingerprint density at radius 2 is 1.33 bits per heavy atom. The van der Waals surface area contributed by atoms with Crippen molar-refractivity contribution < 1.29 is 15.0 Å². The molecule has 0 unspecified atom stereocenters. The first-order valence-corrected chi connectivity index (χ1v) is 0.651. The van der Waals surface area contributed by atoms with Crippen molar-refractivity contribution in [2.45, 2.75) is 0 Å². The molecule has 28 valence electrons. The van der Waals surface area contributed by atoms with Crippen LogP contribution in [0.2, 0.25) is 0 Å². The monoisotopic (exact) mass is 172 g/mol. The Kier molecular flexibility index (Phi) is 26.5. The first-order valence-electron chi connectivity index (χ1n) is 0.651. The first kappa shape index (κ1) is 15.7. The van der Waals surface area contributed by atoms with E-state index >= 15 is 0 Å². The third-order valence-corrected chi connectivity index (χ3v) is 0. The molecule has 0 saturated heterocycles. The van der Waals surface area contributed by atoms with E-state index in [2.05, 4.69) is 0 Å². The fourth-order valence-corrected chi connectivity index (χ4v) is 0. The van der Waals surface area contributed by atoms with Crippen molar-refractivity contribution in [3.05, 3.63) is 0 Å². The minimum absolute atomic E-state index is 0. The molecule has 0 rings (SSSR count). The van der Waals surface area contributed by atoms with Crippen molar-refractivity contribution in [3.63, 3.8) is 0 Å². The van der Waals surface area contributed by atoms with Gasteiger partial charge in [0.05, 0.1) is 0 Å². The number of rotatable bonds is 0.